The van der Waals surface area contributed by atoms with Crippen molar-refractivity contribution in [1.82, 2.24) is 0 Å². The fraction of sp³-hybridized carbons (Fsp3) is 0.167. The number of benzene rings is 2. The van der Waals surface area contributed by atoms with Crippen molar-refractivity contribution in [3.63, 3.8) is 0 Å². The maximum absolute atomic E-state index is 12.5. The van der Waals surface area contributed by atoms with Gasteiger partial charge in [0.15, 0.2) is 0 Å². The van der Waals surface area contributed by atoms with Crippen LogP contribution in [0.15, 0.2) is 53.5 Å². The van der Waals surface area contributed by atoms with Gasteiger partial charge < -0.3 is 10.1 Å². The van der Waals surface area contributed by atoms with Crippen LogP contribution in [0.4, 0.5) is 5.69 Å². The molecule has 1 N–H and O–H groups in total. The van der Waals surface area contributed by atoms with Crippen LogP contribution in [0.3, 0.4) is 0 Å². The number of halogens is 1. The minimum Gasteiger partial charge on any atom is -0.464 e. The van der Waals surface area contributed by atoms with Crippen molar-refractivity contribution < 1.29 is 15.7 Å². The summed E-state index contributed by atoms with van der Waals surface area (Å²) in [5.41, 5.74) is 1.93. The standard InChI is InChI=1S/C18H15ClN2O3/c1-2-24-18(23)16-17(22)20-14-9-8-12(19)10-13(14)15(21-16)11-6-4-3-5-7-11/h3-10,16H,2H2,1H3,(H,20,22)/i16D. The van der Waals surface area contributed by atoms with Gasteiger partial charge in [0.05, 0.1) is 19.4 Å². The van der Waals surface area contributed by atoms with Gasteiger partial charge in [0.25, 0.3) is 5.91 Å². The highest BCUT2D eigenvalue weighted by Crippen LogP contribution is 2.27. The molecule has 0 fully saturated rings. The second-order valence-electron chi connectivity index (χ2n) is 5.04. The molecule has 1 atom stereocenters. The van der Waals surface area contributed by atoms with Crippen LogP contribution in [0.25, 0.3) is 0 Å². The first-order valence-electron chi connectivity index (χ1n) is 7.89. The Balaban J connectivity index is 2.26. The molecule has 1 amide bonds. The van der Waals surface area contributed by atoms with Crippen molar-refractivity contribution in [2.45, 2.75) is 12.9 Å². The number of nitrogens with zero attached hydrogens (tertiary/aromatic N) is 1. The Bertz CT molecular complexity index is 870. The second kappa shape index (κ2) is 6.84. The van der Waals surface area contributed by atoms with Crippen molar-refractivity contribution in [3.8, 4) is 0 Å². The number of carbonyl (C=O) groups is 2. The summed E-state index contributed by atoms with van der Waals surface area (Å²) in [6.45, 7) is 1.65. The molecule has 0 aliphatic carbocycles. The maximum Gasteiger partial charge on any atom is 0.340 e. The molecule has 24 heavy (non-hydrogen) atoms. The SMILES string of the molecule is [2H]C1(C(=O)OCC)N=C(c2ccccc2)c2cc(Cl)ccc2NC1=O. The monoisotopic (exact) mass is 343 g/mol. The van der Waals surface area contributed by atoms with Crippen molar-refractivity contribution in [3.05, 3.63) is 64.7 Å². The van der Waals surface area contributed by atoms with Gasteiger partial charge in [-0.3, -0.25) is 9.79 Å². The minimum atomic E-state index is -2.44. The van der Waals surface area contributed by atoms with E-state index >= 15 is 0 Å². The number of esters is 1. The maximum atomic E-state index is 12.5. The van der Waals surface area contributed by atoms with Gasteiger partial charge in [0.2, 0.25) is 6.02 Å². The highest BCUT2D eigenvalue weighted by molar-refractivity contribution is 6.32. The highest BCUT2D eigenvalue weighted by Gasteiger charge is 2.32. The van der Waals surface area contributed by atoms with E-state index in [0.717, 1.165) is 0 Å². The summed E-state index contributed by atoms with van der Waals surface area (Å²) in [5.74, 6) is -1.90. The number of amides is 1. The Morgan fingerprint density at radius 2 is 2.08 bits per heavy atom. The summed E-state index contributed by atoms with van der Waals surface area (Å²) in [6.07, 6.45) is 0. The van der Waals surface area contributed by atoms with Crippen molar-refractivity contribution in [2.24, 2.45) is 4.99 Å². The third-order valence-corrected chi connectivity index (χ3v) is 3.67. The second-order valence-corrected chi connectivity index (χ2v) is 5.48. The van der Waals surface area contributed by atoms with Gasteiger partial charge in [-0.1, -0.05) is 41.9 Å². The van der Waals surface area contributed by atoms with E-state index in [-0.39, 0.29) is 6.61 Å². The van der Waals surface area contributed by atoms with Gasteiger partial charge in [0, 0.05) is 16.1 Å². The number of fused-ring (bicyclic) bond motifs is 1. The number of anilines is 1. The number of carbonyl (C=O) groups excluding carboxylic acids is 2. The molecule has 2 aromatic rings. The van der Waals surface area contributed by atoms with Crippen LogP contribution in [0.2, 0.25) is 5.02 Å². The van der Waals surface area contributed by atoms with E-state index in [9.17, 15) is 9.59 Å². The summed E-state index contributed by atoms with van der Waals surface area (Å²) in [4.78, 5) is 29.0. The first kappa shape index (κ1) is 14.9. The molecule has 0 saturated heterocycles. The fourth-order valence-corrected chi connectivity index (χ4v) is 2.55. The van der Waals surface area contributed by atoms with E-state index < -0.39 is 17.9 Å². The zero-order valence-corrected chi connectivity index (χ0v) is 13.6. The Kier molecular flexibility index (Phi) is 4.25. The zero-order valence-electron chi connectivity index (χ0n) is 13.9. The average Bonchev–Trinajstić information content (AvgIpc) is 2.72. The molecule has 0 aromatic heterocycles. The summed E-state index contributed by atoms with van der Waals surface area (Å²) < 4.78 is 13.3. The van der Waals surface area contributed by atoms with Gasteiger partial charge in [-0.25, -0.2) is 4.79 Å². The van der Waals surface area contributed by atoms with Crippen LogP contribution in [0.5, 0.6) is 0 Å². The summed E-state index contributed by atoms with van der Waals surface area (Å²) in [5, 5.41) is 3.03. The molecule has 3 rings (SSSR count). The largest absolute Gasteiger partial charge is 0.464 e. The molecule has 2 aromatic carbocycles. The van der Waals surface area contributed by atoms with Gasteiger partial charge in [-0.05, 0) is 25.1 Å². The Morgan fingerprint density at radius 3 is 2.79 bits per heavy atom. The lowest BCUT2D eigenvalue weighted by molar-refractivity contribution is -0.146. The number of nitrogens with one attached hydrogen (secondary N) is 1. The fourth-order valence-electron chi connectivity index (χ4n) is 2.38. The van der Waals surface area contributed by atoms with E-state index in [1.807, 2.05) is 6.07 Å². The zero-order chi connectivity index (χ0) is 18.0. The molecule has 0 bridgehead atoms. The molecular weight excluding hydrogens is 328 g/mol. The number of ether oxygens (including phenoxy) is 1. The first-order chi connectivity index (χ1) is 12.0. The summed E-state index contributed by atoms with van der Waals surface area (Å²) in [6, 6.07) is 11.4. The lowest BCUT2D eigenvalue weighted by atomic mass is 10.0. The number of benzodiazepines with no additional fused rings is 1. The molecule has 1 heterocycles. The lowest BCUT2D eigenvalue weighted by Gasteiger charge is -2.10. The third-order valence-electron chi connectivity index (χ3n) is 3.44. The molecule has 1 aliphatic rings. The quantitative estimate of drug-likeness (QED) is 0.688. The molecular formula is C18H15ClN2O3. The predicted molar refractivity (Wildman–Crippen MR) is 92.6 cm³/mol. The van der Waals surface area contributed by atoms with E-state index in [0.29, 0.717) is 27.5 Å². The number of aliphatic imine (C=N–C) groups is 1. The van der Waals surface area contributed by atoms with E-state index in [4.69, 9.17) is 17.7 Å². The number of hydrogen-bond acceptors (Lipinski definition) is 4. The summed E-state index contributed by atoms with van der Waals surface area (Å²) in [7, 11) is 0. The van der Waals surface area contributed by atoms with Crippen LogP contribution in [0.1, 0.15) is 19.4 Å². The number of hydrogen-bond donors (Lipinski definition) is 1. The van der Waals surface area contributed by atoms with Gasteiger partial charge in [0.1, 0.15) is 0 Å². The van der Waals surface area contributed by atoms with Gasteiger partial charge in [-0.2, -0.15) is 0 Å². The Morgan fingerprint density at radius 1 is 1.33 bits per heavy atom. The van der Waals surface area contributed by atoms with E-state index in [1.165, 1.54) is 0 Å². The lowest BCUT2D eigenvalue weighted by Crippen LogP contribution is -2.34. The highest BCUT2D eigenvalue weighted by atomic mass is 35.5. The normalized spacial score (nSPS) is 20.2. The third kappa shape index (κ3) is 3.16. The topological polar surface area (TPSA) is 67.8 Å². The van der Waals surface area contributed by atoms with Crippen molar-refractivity contribution >= 4 is 34.9 Å². The van der Waals surface area contributed by atoms with Crippen LogP contribution in [0, 0.1) is 0 Å². The van der Waals surface area contributed by atoms with Crippen LogP contribution in [-0.4, -0.2) is 30.2 Å². The average molecular weight is 344 g/mol. The Labute approximate surface area is 145 Å². The molecule has 0 spiro atoms. The van der Waals surface area contributed by atoms with E-state index in [1.54, 1.807) is 49.4 Å². The Hall–Kier alpha value is -2.66. The van der Waals surface area contributed by atoms with Crippen LogP contribution in [-0.2, 0) is 14.3 Å². The van der Waals surface area contributed by atoms with Crippen LogP contribution < -0.4 is 5.32 Å². The van der Waals surface area contributed by atoms with Crippen molar-refractivity contribution in [1.29, 1.82) is 0 Å². The predicted octanol–water partition coefficient (Wildman–Crippen LogP) is 3.06. The first-order valence-corrected chi connectivity index (χ1v) is 7.77. The molecule has 122 valence electrons. The summed E-state index contributed by atoms with van der Waals surface area (Å²) >= 11 is 6.10. The van der Waals surface area contributed by atoms with Gasteiger partial charge >= 0.3 is 5.97 Å². The smallest absolute Gasteiger partial charge is 0.340 e. The van der Waals surface area contributed by atoms with E-state index in [2.05, 4.69) is 10.3 Å². The van der Waals surface area contributed by atoms with Crippen molar-refractivity contribution in [2.75, 3.05) is 11.9 Å². The molecule has 6 heteroatoms. The molecule has 1 unspecified atom stereocenters. The van der Waals surface area contributed by atoms with Gasteiger partial charge in [-0.15, -0.1) is 0 Å². The number of rotatable bonds is 3. The molecule has 1 aliphatic heterocycles. The molecule has 0 saturated carbocycles. The van der Waals surface area contributed by atoms with Crippen LogP contribution >= 0.6 is 11.6 Å². The minimum absolute atomic E-state index is 0.0434. The molecule has 0 radical (unpaired) electrons. The molecule has 5 nitrogen and oxygen atoms in total.